The maximum absolute atomic E-state index is 12.5. The van der Waals surface area contributed by atoms with Crippen molar-refractivity contribution in [3.63, 3.8) is 0 Å². The molecule has 2 rings (SSSR count). The van der Waals surface area contributed by atoms with Crippen molar-refractivity contribution < 1.29 is 4.79 Å². The molecule has 0 unspecified atom stereocenters. The van der Waals surface area contributed by atoms with Crippen molar-refractivity contribution in [2.45, 2.75) is 13.5 Å². The number of rotatable bonds is 5. The van der Waals surface area contributed by atoms with E-state index in [4.69, 9.17) is 0 Å². The van der Waals surface area contributed by atoms with Gasteiger partial charge in [0.25, 0.3) is 5.91 Å². The molecule has 1 amide bonds. The minimum Gasteiger partial charge on any atom is -0.335 e. The Hall–Kier alpha value is -2.13. The number of pyridine rings is 1. The van der Waals surface area contributed by atoms with Crippen molar-refractivity contribution in [2.24, 2.45) is 0 Å². The maximum atomic E-state index is 12.5. The highest BCUT2D eigenvalue weighted by Gasteiger charge is 2.16. The molecule has 0 atom stereocenters. The Kier molecular flexibility index (Phi) is 6.63. The summed E-state index contributed by atoms with van der Waals surface area (Å²) in [5.74, 6) is -0.0319. The Morgan fingerprint density at radius 2 is 1.76 bits per heavy atom. The molecule has 21 heavy (non-hydrogen) atoms. The van der Waals surface area contributed by atoms with Gasteiger partial charge in [0.05, 0.1) is 0 Å². The van der Waals surface area contributed by atoms with E-state index >= 15 is 0 Å². The molecule has 0 saturated heterocycles. The predicted octanol–water partition coefficient (Wildman–Crippen LogP) is 3.57. The van der Waals surface area contributed by atoms with Gasteiger partial charge in [-0.3, -0.25) is 9.78 Å². The van der Waals surface area contributed by atoms with Crippen molar-refractivity contribution in [1.82, 2.24) is 9.88 Å². The van der Waals surface area contributed by atoms with Gasteiger partial charge in [0.2, 0.25) is 0 Å². The van der Waals surface area contributed by atoms with Crippen molar-refractivity contribution in [3.05, 3.63) is 72.6 Å². The predicted molar refractivity (Wildman–Crippen MR) is 88.1 cm³/mol. The summed E-state index contributed by atoms with van der Waals surface area (Å²) in [5, 5.41) is 0. The van der Waals surface area contributed by atoms with Crippen LogP contribution in [-0.2, 0) is 11.3 Å². The molecule has 2 aromatic rings. The molecule has 1 aromatic heterocycles. The Morgan fingerprint density at radius 3 is 2.33 bits per heavy atom. The number of benzene rings is 1. The lowest BCUT2D eigenvalue weighted by atomic mass is 10.1. The third-order valence-electron chi connectivity index (χ3n) is 3.17. The van der Waals surface area contributed by atoms with Crippen LogP contribution in [0.2, 0.25) is 0 Å². The lowest BCUT2D eigenvalue weighted by Crippen LogP contribution is -2.30. The molecule has 0 N–H and O–H groups in total. The minimum atomic E-state index is -0.0319. The Labute approximate surface area is 131 Å². The molecular weight excluding hydrogens is 284 g/mol. The zero-order valence-corrected chi connectivity index (χ0v) is 12.8. The molecule has 110 valence electrons. The highest BCUT2D eigenvalue weighted by molar-refractivity contribution is 6.18. The van der Waals surface area contributed by atoms with Gasteiger partial charge < -0.3 is 4.90 Å². The van der Waals surface area contributed by atoms with E-state index in [0.717, 1.165) is 11.1 Å². The van der Waals surface area contributed by atoms with Crippen LogP contribution in [0.1, 0.15) is 18.1 Å². The molecule has 0 bridgehead atoms. The average molecular weight is 303 g/mol. The first kappa shape index (κ1) is 16.9. The fraction of sp³-hybridized carbons (Fsp3) is 0.176. The number of nitrogens with zero attached hydrogens (tertiary/aromatic N) is 2. The molecule has 0 radical (unpaired) electrons. The fourth-order valence-electron chi connectivity index (χ4n) is 1.99. The number of hydrogen-bond acceptors (Lipinski definition) is 2. The summed E-state index contributed by atoms with van der Waals surface area (Å²) in [5.41, 5.74) is 2.46. The lowest BCUT2D eigenvalue weighted by Gasteiger charge is -2.22. The van der Waals surface area contributed by atoms with Crippen LogP contribution in [0.3, 0.4) is 0 Å². The smallest absolute Gasteiger partial charge is 0.254 e. The van der Waals surface area contributed by atoms with Crippen LogP contribution in [0, 0.1) is 0 Å². The molecular formula is C17H19ClN2O. The number of hydrogen-bond donors (Lipinski definition) is 0. The molecule has 0 aliphatic rings. The average Bonchev–Trinajstić information content (AvgIpc) is 2.53. The van der Waals surface area contributed by atoms with Crippen molar-refractivity contribution in [2.75, 3.05) is 6.54 Å². The summed E-state index contributed by atoms with van der Waals surface area (Å²) in [6.45, 7) is 7.12. The van der Waals surface area contributed by atoms with Gasteiger partial charge in [-0.1, -0.05) is 36.9 Å². The quantitative estimate of drug-likeness (QED) is 0.791. The molecule has 0 fully saturated rings. The van der Waals surface area contributed by atoms with Crippen LogP contribution in [0.15, 0.2) is 61.4 Å². The van der Waals surface area contributed by atoms with E-state index < -0.39 is 0 Å². The molecule has 0 aliphatic heterocycles. The van der Waals surface area contributed by atoms with Crippen LogP contribution in [0.25, 0.3) is 5.57 Å². The van der Waals surface area contributed by atoms with Crippen LogP contribution in [-0.4, -0.2) is 22.3 Å². The summed E-state index contributed by atoms with van der Waals surface area (Å²) in [6.07, 6.45) is 3.47. The molecule has 0 aliphatic carbocycles. The number of likely N-dealkylation sites (N-methyl/N-ethyl adjacent to an activating group) is 1. The summed E-state index contributed by atoms with van der Waals surface area (Å²) in [4.78, 5) is 18.3. The number of carbonyl (C=O) groups excluding carboxylic acids is 1. The minimum absolute atomic E-state index is 0. The van der Waals surface area contributed by atoms with E-state index in [0.29, 0.717) is 18.7 Å². The van der Waals surface area contributed by atoms with Crippen LogP contribution < -0.4 is 0 Å². The summed E-state index contributed by atoms with van der Waals surface area (Å²) < 4.78 is 0. The first-order chi connectivity index (χ1) is 9.72. The zero-order valence-electron chi connectivity index (χ0n) is 12.0. The Bertz CT molecular complexity index is 584. The van der Waals surface area contributed by atoms with E-state index in [1.54, 1.807) is 17.3 Å². The van der Waals surface area contributed by atoms with Crippen LogP contribution in [0.4, 0.5) is 0 Å². The summed E-state index contributed by atoms with van der Waals surface area (Å²) in [7, 11) is 0. The maximum Gasteiger partial charge on any atom is 0.254 e. The molecule has 3 nitrogen and oxygen atoms in total. The molecule has 4 heteroatoms. The van der Waals surface area contributed by atoms with Gasteiger partial charge in [-0.15, -0.1) is 12.4 Å². The summed E-state index contributed by atoms with van der Waals surface area (Å²) in [6, 6.07) is 13.4. The lowest BCUT2D eigenvalue weighted by molar-refractivity contribution is -0.125. The topological polar surface area (TPSA) is 33.2 Å². The van der Waals surface area contributed by atoms with Gasteiger partial charge in [-0.2, -0.15) is 0 Å². The van der Waals surface area contributed by atoms with E-state index in [9.17, 15) is 4.79 Å². The van der Waals surface area contributed by atoms with E-state index in [-0.39, 0.29) is 18.3 Å². The van der Waals surface area contributed by atoms with Gasteiger partial charge in [-0.25, -0.2) is 0 Å². The number of amides is 1. The second kappa shape index (κ2) is 8.22. The second-order valence-electron chi connectivity index (χ2n) is 4.52. The Balaban J connectivity index is 0.00000220. The van der Waals surface area contributed by atoms with E-state index in [1.807, 2.05) is 49.4 Å². The van der Waals surface area contributed by atoms with Gasteiger partial charge in [0, 0.05) is 31.1 Å². The van der Waals surface area contributed by atoms with Crippen LogP contribution >= 0.6 is 12.4 Å². The van der Waals surface area contributed by atoms with Crippen LogP contribution in [0.5, 0.6) is 0 Å². The Morgan fingerprint density at radius 1 is 1.14 bits per heavy atom. The van der Waals surface area contributed by atoms with Gasteiger partial charge >= 0.3 is 0 Å². The fourth-order valence-corrected chi connectivity index (χ4v) is 1.99. The van der Waals surface area contributed by atoms with Gasteiger partial charge in [0.1, 0.15) is 0 Å². The highest BCUT2D eigenvalue weighted by Crippen LogP contribution is 2.16. The first-order valence-corrected chi connectivity index (χ1v) is 6.65. The standard InChI is InChI=1S/C17H18N2O.ClH/c1-3-19(13-15-9-11-18-12-10-15)17(20)14(2)16-7-5-4-6-8-16;/h4-12H,2-3,13H2,1H3;1H. The zero-order chi connectivity index (χ0) is 14.4. The number of carbonyl (C=O) groups is 1. The third kappa shape index (κ3) is 4.43. The molecule has 0 spiro atoms. The first-order valence-electron chi connectivity index (χ1n) is 6.65. The largest absolute Gasteiger partial charge is 0.335 e. The monoisotopic (exact) mass is 302 g/mol. The normalized spacial score (nSPS) is 9.57. The van der Waals surface area contributed by atoms with Crippen molar-refractivity contribution in [3.8, 4) is 0 Å². The second-order valence-corrected chi connectivity index (χ2v) is 4.52. The molecule has 0 saturated carbocycles. The SMILES string of the molecule is C=C(C(=O)N(CC)Cc1ccncc1)c1ccccc1.Cl. The van der Waals surface area contributed by atoms with Gasteiger partial charge in [0.15, 0.2) is 0 Å². The highest BCUT2D eigenvalue weighted by atomic mass is 35.5. The van der Waals surface area contributed by atoms with Crippen molar-refractivity contribution >= 4 is 23.9 Å². The summed E-state index contributed by atoms with van der Waals surface area (Å²) >= 11 is 0. The van der Waals surface area contributed by atoms with E-state index in [1.165, 1.54) is 0 Å². The molecule has 1 heterocycles. The van der Waals surface area contributed by atoms with E-state index in [2.05, 4.69) is 11.6 Å². The third-order valence-corrected chi connectivity index (χ3v) is 3.17. The van der Waals surface area contributed by atoms with Crippen molar-refractivity contribution in [1.29, 1.82) is 0 Å². The number of halogens is 1. The van der Waals surface area contributed by atoms with Gasteiger partial charge in [-0.05, 0) is 30.2 Å². The molecule has 1 aromatic carbocycles. The number of aromatic nitrogens is 1.